The minimum atomic E-state index is -0.428. The van der Waals surface area contributed by atoms with Gasteiger partial charge >= 0.3 is 0 Å². The van der Waals surface area contributed by atoms with Gasteiger partial charge in [-0.25, -0.2) is 0 Å². The average Bonchev–Trinajstić information content (AvgIpc) is 3.24. The normalized spacial score (nSPS) is 14.5. The Bertz CT molecular complexity index is 905. The molecule has 2 heterocycles. The molecule has 2 aromatic rings. The van der Waals surface area contributed by atoms with Gasteiger partial charge in [0.2, 0.25) is 12.7 Å². The second kappa shape index (κ2) is 6.75. The van der Waals surface area contributed by atoms with Crippen LogP contribution in [0.2, 0.25) is 0 Å². The van der Waals surface area contributed by atoms with Crippen LogP contribution in [0.15, 0.2) is 42.5 Å². The highest BCUT2D eigenvalue weighted by atomic mass is 16.7. The van der Waals surface area contributed by atoms with Crippen LogP contribution >= 0.6 is 0 Å². The summed E-state index contributed by atoms with van der Waals surface area (Å²) in [5.74, 6) is 0.186. The highest BCUT2D eigenvalue weighted by molar-refractivity contribution is 6.22. The monoisotopic (exact) mass is 366 g/mol. The molecule has 0 spiro atoms. The van der Waals surface area contributed by atoms with Crippen molar-refractivity contribution < 1.29 is 23.9 Å². The predicted octanol–water partition coefficient (Wildman–Crippen LogP) is 2.06. The second-order valence-electron chi connectivity index (χ2n) is 6.34. The summed E-state index contributed by atoms with van der Waals surface area (Å²) in [6.45, 7) is 2.58. The number of amides is 3. The summed E-state index contributed by atoms with van der Waals surface area (Å²) in [5, 5.41) is 0. The van der Waals surface area contributed by atoms with Crippen LogP contribution in [0.4, 0.5) is 0 Å². The molecule has 7 nitrogen and oxygen atoms in total. The maximum Gasteiger partial charge on any atom is 0.262 e. The minimum Gasteiger partial charge on any atom is -0.454 e. The standard InChI is InChI=1S/C20H18N2O5/c1-2-21(10-13-7-8-16-17(9-13)27-12-26-16)18(23)11-22-19(24)14-5-3-4-6-15(14)20(22)25/h3-9H,2,10-12H2,1H3. The molecule has 0 saturated heterocycles. The van der Waals surface area contributed by atoms with Crippen LogP contribution in [0.1, 0.15) is 33.2 Å². The predicted molar refractivity (Wildman–Crippen MR) is 95.5 cm³/mol. The molecule has 0 bridgehead atoms. The van der Waals surface area contributed by atoms with Gasteiger partial charge < -0.3 is 14.4 Å². The molecule has 0 aromatic heterocycles. The van der Waals surface area contributed by atoms with Gasteiger partial charge in [0.15, 0.2) is 11.5 Å². The van der Waals surface area contributed by atoms with Crippen molar-refractivity contribution in [3.8, 4) is 11.5 Å². The van der Waals surface area contributed by atoms with Crippen LogP contribution in [0.5, 0.6) is 11.5 Å². The van der Waals surface area contributed by atoms with Gasteiger partial charge in [-0.1, -0.05) is 18.2 Å². The Morgan fingerprint density at radius 3 is 2.37 bits per heavy atom. The lowest BCUT2D eigenvalue weighted by Gasteiger charge is -2.23. The number of carbonyl (C=O) groups is 3. The lowest BCUT2D eigenvalue weighted by Crippen LogP contribution is -2.42. The molecular formula is C20H18N2O5. The molecule has 2 aromatic carbocycles. The molecule has 0 aliphatic carbocycles. The third-order valence-corrected chi connectivity index (χ3v) is 4.72. The molecule has 0 saturated carbocycles. The third kappa shape index (κ3) is 3.01. The zero-order valence-electron chi connectivity index (χ0n) is 14.8. The summed E-state index contributed by atoms with van der Waals surface area (Å²) < 4.78 is 10.7. The van der Waals surface area contributed by atoms with E-state index in [4.69, 9.17) is 9.47 Å². The molecule has 0 atom stereocenters. The number of rotatable bonds is 5. The van der Waals surface area contributed by atoms with Crippen molar-refractivity contribution in [3.63, 3.8) is 0 Å². The van der Waals surface area contributed by atoms with Crippen molar-refractivity contribution >= 4 is 17.7 Å². The summed E-state index contributed by atoms with van der Waals surface area (Å²) in [5.41, 5.74) is 1.57. The molecule has 2 aliphatic rings. The number of likely N-dealkylation sites (N-methyl/N-ethyl adjacent to an activating group) is 1. The highest BCUT2D eigenvalue weighted by Gasteiger charge is 2.36. The van der Waals surface area contributed by atoms with Gasteiger partial charge in [-0.3, -0.25) is 19.3 Å². The van der Waals surface area contributed by atoms with E-state index in [9.17, 15) is 14.4 Å². The van der Waals surface area contributed by atoms with Crippen LogP contribution in [0.3, 0.4) is 0 Å². The van der Waals surface area contributed by atoms with E-state index in [2.05, 4.69) is 0 Å². The maximum atomic E-state index is 12.7. The Labute approximate surface area is 156 Å². The zero-order chi connectivity index (χ0) is 19.0. The van der Waals surface area contributed by atoms with Gasteiger partial charge in [-0.05, 0) is 36.8 Å². The molecule has 138 valence electrons. The Morgan fingerprint density at radius 2 is 1.70 bits per heavy atom. The topological polar surface area (TPSA) is 76.2 Å². The van der Waals surface area contributed by atoms with Crippen molar-refractivity contribution in [2.45, 2.75) is 13.5 Å². The van der Waals surface area contributed by atoms with Gasteiger partial charge in [-0.2, -0.15) is 0 Å². The van der Waals surface area contributed by atoms with Gasteiger partial charge in [0.25, 0.3) is 11.8 Å². The van der Waals surface area contributed by atoms with E-state index in [1.165, 1.54) is 0 Å². The first-order valence-electron chi connectivity index (χ1n) is 8.70. The Balaban J connectivity index is 1.47. The van der Waals surface area contributed by atoms with Crippen LogP contribution in [0.25, 0.3) is 0 Å². The van der Waals surface area contributed by atoms with E-state index in [0.29, 0.717) is 35.7 Å². The summed E-state index contributed by atoms with van der Waals surface area (Å²) in [6.07, 6.45) is 0. The molecule has 0 fully saturated rings. The number of hydrogen-bond donors (Lipinski definition) is 0. The van der Waals surface area contributed by atoms with Crippen LogP contribution in [0, 0.1) is 0 Å². The van der Waals surface area contributed by atoms with Crippen molar-refractivity contribution in [2.75, 3.05) is 19.9 Å². The number of benzene rings is 2. The Kier molecular flexibility index (Phi) is 4.27. The van der Waals surface area contributed by atoms with E-state index in [0.717, 1.165) is 10.5 Å². The number of imide groups is 1. The molecule has 0 radical (unpaired) electrons. The van der Waals surface area contributed by atoms with Gasteiger partial charge in [0.05, 0.1) is 11.1 Å². The summed E-state index contributed by atoms with van der Waals surface area (Å²) >= 11 is 0. The Morgan fingerprint density at radius 1 is 1.04 bits per heavy atom. The first kappa shape index (κ1) is 17.1. The molecule has 0 unspecified atom stereocenters. The van der Waals surface area contributed by atoms with E-state index in [-0.39, 0.29) is 19.2 Å². The Hall–Kier alpha value is -3.35. The smallest absolute Gasteiger partial charge is 0.262 e. The van der Waals surface area contributed by atoms with Gasteiger partial charge in [0, 0.05) is 13.1 Å². The SMILES string of the molecule is CCN(Cc1ccc2c(c1)OCO2)C(=O)CN1C(=O)c2ccccc2C1=O. The third-order valence-electron chi connectivity index (χ3n) is 4.72. The van der Waals surface area contributed by atoms with E-state index in [1.54, 1.807) is 35.2 Å². The van der Waals surface area contributed by atoms with Crippen LogP contribution in [-0.2, 0) is 11.3 Å². The first-order chi connectivity index (χ1) is 13.1. The number of fused-ring (bicyclic) bond motifs is 2. The fourth-order valence-corrected chi connectivity index (χ4v) is 3.25. The van der Waals surface area contributed by atoms with Crippen molar-refractivity contribution in [3.05, 3.63) is 59.2 Å². The van der Waals surface area contributed by atoms with Crippen LogP contribution < -0.4 is 9.47 Å². The van der Waals surface area contributed by atoms with E-state index >= 15 is 0 Å². The molecule has 0 N–H and O–H groups in total. The summed E-state index contributed by atoms with van der Waals surface area (Å²) in [6, 6.07) is 12.1. The average molecular weight is 366 g/mol. The summed E-state index contributed by atoms with van der Waals surface area (Å²) in [7, 11) is 0. The zero-order valence-corrected chi connectivity index (χ0v) is 14.8. The number of nitrogens with zero attached hydrogens (tertiary/aromatic N) is 2. The van der Waals surface area contributed by atoms with Gasteiger partial charge in [0.1, 0.15) is 6.54 Å². The van der Waals surface area contributed by atoms with E-state index in [1.807, 2.05) is 19.1 Å². The lowest BCUT2D eigenvalue weighted by atomic mass is 10.1. The second-order valence-corrected chi connectivity index (χ2v) is 6.34. The highest BCUT2D eigenvalue weighted by Crippen LogP contribution is 2.32. The molecular weight excluding hydrogens is 348 g/mol. The largest absolute Gasteiger partial charge is 0.454 e. The molecule has 7 heteroatoms. The fraction of sp³-hybridized carbons (Fsp3) is 0.250. The molecule has 2 aliphatic heterocycles. The quantitative estimate of drug-likeness (QED) is 0.757. The minimum absolute atomic E-state index is 0.189. The van der Waals surface area contributed by atoms with Crippen LogP contribution in [-0.4, -0.2) is 47.4 Å². The lowest BCUT2D eigenvalue weighted by molar-refractivity contribution is -0.131. The fourth-order valence-electron chi connectivity index (χ4n) is 3.25. The molecule has 3 amide bonds. The molecule has 4 rings (SSSR count). The number of ether oxygens (including phenoxy) is 2. The van der Waals surface area contributed by atoms with Crippen molar-refractivity contribution in [1.29, 1.82) is 0 Å². The maximum absolute atomic E-state index is 12.7. The first-order valence-corrected chi connectivity index (χ1v) is 8.70. The number of carbonyl (C=O) groups excluding carboxylic acids is 3. The summed E-state index contributed by atoms with van der Waals surface area (Å²) in [4.78, 5) is 40.2. The van der Waals surface area contributed by atoms with Crippen molar-refractivity contribution in [2.24, 2.45) is 0 Å². The van der Waals surface area contributed by atoms with E-state index < -0.39 is 11.8 Å². The van der Waals surface area contributed by atoms with Gasteiger partial charge in [-0.15, -0.1) is 0 Å². The molecule has 27 heavy (non-hydrogen) atoms. The van der Waals surface area contributed by atoms with Crippen molar-refractivity contribution in [1.82, 2.24) is 9.80 Å². The number of hydrogen-bond acceptors (Lipinski definition) is 5.